The van der Waals surface area contributed by atoms with Crippen LogP contribution in [0.1, 0.15) is 0 Å². The first kappa shape index (κ1) is 9.92. The minimum absolute atomic E-state index is 0.227. The second-order valence-electron chi connectivity index (χ2n) is 3.36. The molecule has 0 spiro atoms. The number of fused-ring (bicyclic) bond motifs is 1. The van der Waals surface area contributed by atoms with E-state index in [-0.39, 0.29) is 4.90 Å². The average Bonchev–Trinajstić information content (AvgIpc) is 2.15. The quantitative estimate of drug-likeness (QED) is 0.736. The van der Waals surface area contributed by atoms with E-state index < -0.39 is 9.84 Å². The fraction of sp³-hybridized carbons (Fsp3) is 0.100. The lowest BCUT2D eigenvalue weighted by Crippen LogP contribution is -2.00. The van der Waals surface area contributed by atoms with Gasteiger partial charge in [0.25, 0.3) is 0 Å². The first-order valence-electron chi connectivity index (χ1n) is 4.33. The molecular formula is C10H10N2O2S. The Morgan fingerprint density at radius 1 is 1.33 bits per heavy atom. The Hall–Kier alpha value is -1.62. The van der Waals surface area contributed by atoms with Crippen LogP contribution in [-0.2, 0) is 9.84 Å². The van der Waals surface area contributed by atoms with E-state index >= 15 is 0 Å². The summed E-state index contributed by atoms with van der Waals surface area (Å²) >= 11 is 0. The van der Waals surface area contributed by atoms with Crippen molar-refractivity contribution in [1.29, 1.82) is 0 Å². The van der Waals surface area contributed by atoms with E-state index in [1.165, 1.54) is 6.07 Å². The van der Waals surface area contributed by atoms with Crippen LogP contribution in [0.4, 0.5) is 5.69 Å². The zero-order chi connectivity index (χ0) is 11.1. The van der Waals surface area contributed by atoms with Crippen molar-refractivity contribution >= 4 is 26.4 Å². The van der Waals surface area contributed by atoms with Gasteiger partial charge in [0.15, 0.2) is 9.84 Å². The van der Waals surface area contributed by atoms with Gasteiger partial charge in [-0.05, 0) is 24.3 Å². The van der Waals surface area contributed by atoms with E-state index in [1.807, 2.05) is 0 Å². The molecule has 0 unspecified atom stereocenters. The van der Waals surface area contributed by atoms with Crippen molar-refractivity contribution in [1.82, 2.24) is 4.98 Å². The Bertz CT molecular complexity index is 620. The predicted octanol–water partition coefficient (Wildman–Crippen LogP) is 1.22. The Kier molecular flexibility index (Phi) is 2.12. The molecule has 1 aromatic carbocycles. The number of aromatic nitrogens is 1. The van der Waals surface area contributed by atoms with Crippen LogP contribution in [0.2, 0.25) is 0 Å². The van der Waals surface area contributed by atoms with Crippen LogP contribution in [0.15, 0.2) is 35.4 Å². The third-order valence-electron chi connectivity index (χ3n) is 2.10. The second-order valence-corrected chi connectivity index (χ2v) is 5.35. The minimum Gasteiger partial charge on any atom is -0.399 e. The lowest BCUT2D eigenvalue weighted by Gasteiger charge is -2.05. The van der Waals surface area contributed by atoms with Gasteiger partial charge in [-0.25, -0.2) is 8.42 Å². The molecule has 2 rings (SSSR count). The summed E-state index contributed by atoms with van der Waals surface area (Å²) in [5.41, 5.74) is 6.62. The standard InChI is InChI=1S/C10H10N2O2S/c1-15(13,14)10-6-7(11)5-9-8(10)3-2-4-12-9/h2-6H,11H2,1H3. The van der Waals surface area contributed by atoms with Gasteiger partial charge in [0.1, 0.15) is 0 Å². The highest BCUT2D eigenvalue weighted by Crippen LogP contribution is 2.24. The van der Waals surface area contributed by atoms with Crippen molar-refractivity contribution in [3.8, 4) is 0 Å². The van der Waals surface area contributed by atoms with E-state index in [1.54, 1.807) is 24.4 Å². The molecule has 5 heteroatoms. The Balaban J connectivity index is 2.96. The molecule has 15 heavy (non-hydrogen) atoms. The number of pyridine rings is 1. The molecule has 0 aliphatic carbocycles. The monoisotopic (exact) mass is 222 g/mol. The second kappa shape index (κ2) is 3.20. The van der Waals surface area contributed by atoms with E-state index in [4.69, 9.17) is 5.73 Å². The lowest BCUT2D eigenvalue weighted by molar-refractivity contribution is 0.602. The first-order valence-corrected chi connectivity index (χ1v) is 6.22. The summed E-state index contributed by atoms with van der Waals surface area (Å²) in [5, 5.41) is 0.606. The molecule has 1 heterocycles. The fourth-order valence-corrected chi connectivity index (χ4v) is 2.40. The van der Waals surface area contributed by atoms with Gasteiger partial charge in [-0.2, -0.15) is 0 Å². The summed E-state index contributed by atoms with van der Waals surface area (Å²) in [6.45, 7) is 0. The average molecular weight is 222 g/mol. The summed E-state index contributed by atoms with van der Waals surface area (Å²) < 4.78 is 23.0. The van der Waals surface area contributed by atoms with Crippen LogP contribution in [-0.4, -0.2) is 19.7 Å². The van der Waals surface area contributed by atoms with Crippen LogP contribution < -0.4 is 5.73 Å². The number of hydrogen-bond acceptors (Lipinski definition) is 4. The van der Waals surface area contributed by atoms with Crippen molar-refractivity contribution in [2.24, 2.45) is 0 Å². The molecule has 0 saturated carbocycles. The fourth-order valence-electron chi connectivity index (χ4n) is 1.48. The van der Waals surface area contributed by atoms with Gasteiger partial charge in [0.05, 0.1) is 10.4 Å². The van der Waals surface area contributed by atoms with E-state index in [0.29, 0.717) is 16.6 Å². The number of hydrogen-bond donors (Lipinski definition) is 1. The van der Waals surface area contributed by atoms with Gasteiger partial charge in [-0.1, -0.05) is 0 Å². The summed E-state index contributed by atoms with van der Waals surface area (Å²) in [6.07, 6.45) is 2.77. The van der Waals surface area contributed by atoms with Crippen LogP contribution in [0.25, 0.3) is 10.9 Å². The maximum Gasteiger partial charge on any atom is 0.176 e. The molecular weight excluding hydrogens is 212 g/mol. The molecule has 2 aromatic rings. The highest BCUT2D eigenvalue weighted by atomic mass is 32.2. The van der Waals surface area contributed by atoms with Crippen LogP contribution in [0.5, 0.6) is 0 Å². The van der Waals surface area contributed by atoms with Crippen molar-refractivity contribution in [2.75, 3.05) is 12.0 Å². The molecule has 0 aliphatic rings. The molecule has 1 aromatic heterocycles. The highest BCUT2D eigenvalue weighted by Gasteiger charge is 2.12. The molecule has 0 radical (unpaired) electrons. The number of nitrogens with two attached hydrogens (primary N) is 1. The van der Waals surface area contributed by atoms with Crippen LogP contribution in [0, 0.1) is 0 Å². The highest BCUT2D eigenvalue weighted by molar-refractivity contribution is 7.91. The number of nitrogen functional groups attached to an aromatic ring is 1. The number of nitrogens with zero attached hydrogens (tertiary/aromatic N) is 1. The summed E-state index contributed by atoms with van der Waals surface area (Å²) in [7, 11) is -3.27. The van der Waals surface area contributed by atoms with Gasteiger partial charge in [0, 0.05) is 23.5 Å². The zero-order valence-corrected chi connectivity index (χ0v) is 8.95. The van der Waals surface area contributed by atoms with Crippen molar-refractivity contribution in [3.63, 3.8) is 0 Å². The molecule has 4 nitrogen and oxygen atoms in total. The Labute approximate surface area is 87.7 Å². The Morgan fingerprint density at radius 3 is 2.73 bits per heavy atom. The van der Waals surface area contributed by atoms with Gasteiger partial charge >= 0.3 is 0 Å². The number of rotatable bonds is 1. The normalized spacial score (nSPS) is 11.8. The predicted molar refractivity (Wildman–Crippen MR) is 59.3 cm³/mol. The molecule has 78 valence electrons. The van der Waals surface area contributed by atoms with Crippen molar-refractivity contribution < 1.29 is 8.42 Å². The van der Waals surface area contributed by atoms with E-state index in [9.17, 15) is 8.42 Å². The number of benzene rings is 1. The summed E-state index contributed by atoms with van der Waals surface area (Å²) in [4.78, 5) is 4.30. The van der Waals surface area contributed by atoms with Gasteiger partial charge in [0.2, 0.25) is 0 Å². The molecule has 0 fully saturated rings. The molecule has 2 N–H and O–H groups in total. The van der Waals surface area contributed by atoms with Gasteiger partial charge < -0.3 is 5.73 Å². The molecule has 0 atom stereocenters. The van der Waals surface area contributed by atoms with Crippen molar-refractivity contribution in [2.45, 2.75) is 4.90 Å². The zero-order valence-electron chi connectivity index (χ0n) is 8.14. The molecule has 0 amide bonds. The third kappa shape index (κ3) is 1.78. The minimum atomic E-state index is -3.27. The number of anilines is 1. The van der Waals surface area contributed by atoms with Crippen LogP contribution in [0.3, 0.4) is 0 Å². The largest absolute Gasteiger partial charge is 0.399 e. The number of sulfone groups is 1. The lowest BCUT2D eigenvalue weighted by atomic mass is 10.2. The van der Waals surface area contributed by atoms with Crippen molar-refractivity contribution in [3.05, 3.63) is 30.5 Å². The summed E-state index contributed by atoms with van der Waals surface area (Å²) in [5.74, 6) is 0. The maximum atomic E-state index is 11.5. The molecule has 0 aliphatic heterocycles. The molecule has 0 bridgehead atoms. The van der Waals surface area contributed by atoms with Crippen LogP contribution >= 0.6 is 0 Å². The first-order chi connectivity index (χ1) is 6.98. The molecule has 0 saturated heterocycles. The van der Waals surface area contributed by atoms with Gasteiger partial charge in [-0.15, -0.1) is 0 Å². The Morgan fingerprint density at radius 2 is 2.07 bits per heavy atom. The smallest absolute Gasteiger partial charge is 0.176 e. The SMILES string of the molecule is CS(=O)(=O)c1cc(N)cc2ncccc12. The summed E-state index contributed by atoms with van der Waals surface area (Å²) in [6, 6.07) is 6.54. The maximum absolute atomic E-state index is 11.5. The van der Waals surface area contributed by atoms with E-state index in [0.717, 1.165) is 6.26 Å². The van der Waals surface area contributed by atoms with Gasteiger partial charge in [-0.3, -0.25) is 4.98 Å². The topological polar surface area (TPSA) is 73.0 Å². The van der Waals surface area contributed by atoms with E-state index in [2.05, 4.69) is 4.98 Å². The third-order valence-corrected chi connectivity index (χ3v) is 3.24.